The molecule has 0 spiro atoms. The normalized spacial score (nSPS) is 20.4. The number of Topliss-reactive ketones (excluding diaryl/α,β-unsaturated/α-hetero) is 1. The van der Waals surface area contributed by atoms with E-state index in [1.807, 2.05) is 43.5 Å². The Kier molecular flexibility index (Phi) is 4.32. The minimum atomic E-state index is -0.181. The van der Waals surface area contributed by atoms with Crippen LogP contribution >= 0.6 is 0 Å². The van der Waals surface area contributed by atoms with Gasteiger partial charge in [-0.25, -0.2) is 0 Å². The zero-order chi connectivity index (χ0) is 19.1. The molecule has 0 aliphatic carbocycles. The zero-order valence-electron chi connectivity index (χ0n) is 16.0. The van der Waals surface area contributed by atoms with Gasteiger partial charge in [-0.15, -0.1) is 0 Å². The monoisotopic (exact) mass is 376 g/mol. The van der Waals surface area contributed by atoms with Gasteiger partial charge in [0.05, 0.1) is 6.04 Å². The maximum Gasteiger partial charge on any atom is 0.181 e. The van der Waals surface area contributed by atoms with Crippen molar-refractivity contribution >= 4 is 16.7 Å². The summed E-state index contributed by atoms with van der Waals surface area (Å²) in [6, 6.07) is 14.2. The molecule has 0 bridgehead atoms. The topological polar surface area (TPSA) is 54.6 Å². The van der Waals surface area contributed by atoms with E-state index >= 15 is 0 Å². The molecule has 144 valence electrons. The van der Waals surface area contributed by atoms with E-state index in [1.54, 1.807) is 0 Å². The second-order valence-electron chi connectivity index (χ2n) is 7.59. The highest BCUT2D eigenvalue weighted by molar-refractivity contribution is 6.10. The average Bonchev–Trinajstić information content (AvgIpc) is 3.39. The summed E-state index contributed by atoms with van der Waals surface area (Å²) >= 11 is 0. The van der Waals surface area contributed by atoms with Crippen LogP contribution in [0.25, 0.3) is 10.9 Å². The van der Waals surface area contributed by atoms with Gasteiger partial charge in [-0.2, -0.15) is 0 Å². The SMILES string of the molecule is C[C@H](C(=O)c1c[nH]c2ccccc12)N1CCC[C@@H]1c1ccc2c(c1)OCCO2. The first kappa shape index (κ1) is 17.3. The van der Waals surface area contributed by atoms with Crippen molar-refractivity contribution in [2.75, 3.05) is 19.8 Å². The molecule has 5 rings (SSSR count). The number of rotatable bonds is 4. The van der Waals surface area contributed by atoms with Crippen molar-refractivity contribution in [3.63, 3.8) is 0 Å². The molecule has 1 fully saturated rings. The first-order valence-corrected chi connectivity index (χ1v) is 9.98. The molecule has 1 saturated heterocycles. The van der Waals surface area contributed by atoms with Crippen molar-refractivity contribution in [3.05, 3.63) is 59.8 Å². The van der Waals surface area contributed by atoms with E-state index in [2.05, 4.69) is 22.0 Å². The van der Waals surface area contributed by atoms with Gasteiger partial charge in [0, 0.05) is 28.7 Å². The Balaban J connectivity index is 1.42. The molecule has 2 atom stereocenters. The Morgan fingerprint density at radius 2 is 1.96 bits per heavy atom. The lowest BCUT2D eigenvalue weighted by Crippen LogP contribution is -2.38. The fourth-order valence-corrected chi connectivity index (χ4v) is 4.53. The minimum absolute atomic E-state index is 0.168. The molecule has 0 amide bonds. The molecule has 2 aromatic carbocycles. The number of fused-ring (bicyclic) bond motifs is 2. The second-order valence-corrected chi connectivity index (χ2v) is 7.59. The van der Waals surface area contributed by atoms with E-state index in [0.29, 0.717) is 13.2 Å². The third-order valence-electron chi connectivity index (χ3n) is 5.98. The fourth-order valence-electron chi connectivity index (χ4n) is 4.53. The van der Waals surface area contributed by atoms with Crippen molar-refractivity contribution < 1.29 is 14.3 Å². The van der Waals surface area contributed by atoms with Crippen molar-refractivity contribution in [2.24, 2.45) is 0 Å². The smallest absolute Gasteiger partial charge is 0.181 e. The number of nitrogens with one attached hydrogen (secondary N) is 1. The summed E-state index contributed by atoms with van der Waals surface area (Å²) < 4.78 is 11.4. The molecular weight excluding hydrogens is 352 g/mol. The molecular formula is C23H24N2O3. The van der Waals surface area contributed by atoms with Gasteiger partial charge in [-0.1, -0.05) is 24.3 Å². The summed E-state index contributed by atoms with van der Waals surface area (Å²) in [5.74, 6) is 1.79. The predicted octanol–water partition coefficient (Wildman–Crippen LogP) is 4.35. The van der Waals surface area contributed by atoms with Gasteiger partial charge < -0.3 is 14.5 Å². The number of benzene rings is 2. The van der Waals surface area contributed by atoms with Gasteiger partial charge in [0.1, 0.15) is 13.2 Å². The Hall–Kier alpha value is -2.79. The molecule has 0 saturated carbocycles. The zero-order valence-corrected chi connectivity index (χ0v) is 16.0. The number of ketones is 1. The summed E-state index contributed by atoms with van der Waals surface area (Å²) in [7, 11) is 0. The van der Waals surface area contributed by atoms with Gasteiger partial charge in [0.15, 0.2) is 17.3 Å². The number of carbonyl (C=O) groups is 1. The number of carbonyl (C=O) groups excluding carboxylic acids is 1. The first-order valence-electron chi connectivity index (χ1n) is 9.98. The highest BCUT2D eigenvalue weighted by Crippen LogP contribution is 2.39. The lowest BCUT2D eigenvalue weighted by Gasteiger charge is -2.30. The lowest BCUT2D eigenvalue weighted by atomic mass is 9.99. The molecule has 0 unspecified atom stereocenters. The highest BCUT2D eigenvalue weighted by atomic mass is 16.6. The number of hydrogen-bond donors (Lipinski definition) is 1. The Bertz CT molecular complexity index is 1030. The molecule has 1 N–H and O–H groups in total. The fraction of sp³-hybridized carbons (Fsp3) is 0.348. The Morgan fingerprint density at radius 1 is 1.14 bits per heavy atom. The lowest BCUT2D eigenvalue weighted by molar-refractivity contribution is 0.0821. The molecule has 3 aromatic rings. The summed E-state index contributed by atoms with van der Waals surface area (Å²) in [4.78, 5) is 18.9. The van der Waals surface area contributed by atoms with Crippen LogP contribution in [0.3, 0.4) is 0 Å². The summed E-state index contributed by atoms with van der Waals surface area (Å²) in [5.41, 5.74) is 2.97. The molecule has 2 aliphatic rings. The second kappa shape index (κ2) is 6.99. The van der Waals surface area contributed by atoms with Crippen LogP contribution in [0.1, 0.15) is 41.7 Å². The van der Waals surface area contributed by atoms with Gasteiger partial charge in [0.2, 0.25) is 0 Å². The number of ether oxygens (including phenoxy) is 2. The van der Waals surface area contributed by atoms with Crippen LogP contribution in [0.2, 0.25) is 0 Å². The van der Waals surface area contributed by atoms with Crippen LogP contribution < -0.4 is 9.47 Å². The van der Waals surface area contributed by atoms with E-state index in [9.17, 15) is 4.79 Å². The van der Waals surface area contributed by atoms with E-state index in [0.717, 1.165) is 47.4 Å². The first-order chi connectivity index (χ1) is 13.7. The van der Waals surface area contributed by atoms with E-state index in [-0.39, 0.29) is 17.9 Å². The van der Waals surface area contributed by atoms with Crippen molar-refractivity contribution in [3.8, 4) is 11.5 Å². The summed E-state index contributed by atoms with van der Waals surface area (Å²) in [5, 5.41) is 0.995. The highest BCUT2D eigenvalue weighted by Gasteiger charge is 2.34. The molecule has 1 aromatic heterocycles. The molecule has 28 heavy (non-hydrogen) atoms. The number of nitrogens with zero attached hydrogens (tertiary/aromatic N) is 1. The van der Waals surface area contributed by atoms with Crippen LogP contribution in [0, 0.1) is 0 Å². The maximum atomic E-state index is 13.3. The third kappa shape index (κ3) is 2.87. The average molecular weight is 376 g/mol. The largest absolute Gasteiger partial charge is 0.486 e. The van der Waals surface area contributed by atoms with Gasteiger partial charge in [-0.05, 0) is 50.1 Å². The number of para-hydroxylation sites is 1. The number of H-pyrrole nitrogens is 1. The number of likely N-dealkylation sites (tertiary alicyclic amines) is 1. The van der Waals surface area contributed by atoms with Crippen LogP contribution in [0.4, 0.5) is 0 Å². The van der Waals surface area contributed by atoms with Crippen molar-refractivity contribution in [1.29, 1.82) is 0 Å². The molecule has 0 radical (unpaired) electrons. The van der Waals surface area contributed by atoms with Crippen LogP contribution in [-0.4, -0.2) is 41.5 Å². The predicted molar refractivity (Wildman–Crippen MR) is 108 cm³/mol. The Labute approximate surface area is 164 Å². The number of hydrogen-bond acceptors (Lipinski definition) is 4. The van der Waals surface area contributed by atoms with E-state index < -0.39 is 0 Å². The van der Waals surface area contributed by atoms with Crippen LogP contribution in [0.5, 0.6) is 11.5 Å². The molecule has 2 aliphatic heterocycles. The van der Waals surface area contributed by atoms with E-state index in [1.165, 1.54) is 5.56 Å². The van der Waals surface area contributed by atoms with Crippen LogP contribution in [-0.2, 0) is 0 Å². The van der Waals surface area contributed by atoms with Gasteiger partial charge in [-0.3, -0.25) is 9.69 Å². The standard InChI is InChI=1S/C23H24N2O3/c1-15(23(26)18-14-24-19-6-3-2-5-17(18)19)25-10-4-7-20(25)16-8-9-21-22(13-16)28-12-11-27-21/h2-3,5-6,8-9,13-15,20,24H,4,7,10-12H2,1H3/t15-,20-/m1/s1. The minimum Gasteiger partial charge on any atom is -0.486 e. The third-order valence-corrected chi connectivity index (χ3v) is 5.98. The van der Waals surface area contributed by atoms with Gasteiger partial charge >= 0.3 is 0 Å². The molecule has 5 nitrogen and oxygen atoms in total. The van der Waals surface area contributed by atoms with Crippen molar-refractivity contribution in [2.45, 2.75) is 31.8 Å². The van der Waals surface area contributed by atoms with Crippen molar-refractivity contribution in [1.82, 2.24) is 9.88 Å². The summed E-state index contributed by atoms with van der Waals surface area (Å²) in [6.45, 7) is 4.13. The molecule has 3 heterocycles. The number of aromatic nitrogens is 1. The molecule has 5 heteroatoms. The quantitative estimate of drug-likeness (QED) is 0.688. The maximum absolute atomic E-state index is 13.3. The summed E-state index contributed by atoms with van der Waals surface area (Å²) in [6.07, 6.45) is 3.98. The Morgan fingerprint density at radius 3 is 2.86 bits per heavy atom. The van der Waals surface area contributed by atoms with Crippen LogP contribution in [0.15, 0.2) is 48.7 Å². The van der Waals surface area contributed by atoms with Gasteiger partial charge in [0.25, 0.3) is 0 Å². The number of aromatic amines is 1. The van der Waals surface area contributed by atoms with E-state index in [4.69, 9.17) is 9.47 Å².